The molecule has 1 heterocycles. The van der Waals surface area contributed by atoms with E-state index < -0.39 is 5.91 Å². The van der Waals surface area contributed by atoms with Crippen LogP contribution >= 0.6 is 11.3 Å². The lowest BCUT2D eigenvalue weighted by Gasteiger charge is -2.01. The average Bonchev–Trinajstić information content (AvgIpc) is 2.97. The van der Waals surface area contributed by atoms with Gasteiger partial charge in [0.15, 0.2) is 0 Å². The second kappa shape index (κ2) is 5.55. The van der Waals surface area contributed by atoms with Gasteiger partial charge in [0.1, 0.15) is 5.75 Å². The topological polar surface area (TPSA) is 58.6 Å². The van der Waals surface area contributed by atoms with Crippen molar-refractivity contribution in [2.24, 2.45) is 0 Å². The minimum absolute atomic E-state index is 0.431. The summed E-state index contributed by atoms with van der Waals surface area (Å²) in [7, 11) is 1.64. The van der Waals surface area contributed by atoms with Gasteiger partial charge in [-0.05, 0) is 47.3 Å². The third-order valence-electron chi connectivity index (χ3n) is 3.23. The Kier molecular flexibility index (Phi) is 3.60. The number of carbonyl (C=O) groups excluding carboxylic acids is 1. The van der Waals surface area contributed by atoms with Gasteiger partial charge in [0.2, 0.25) is 0 Å². The normalized spacial score (nSPS) is 10.6. The van der Waals surface area contributed by atoms with Crippen molar-refractivity contribution in [3.63, 3.8) is 0 Å². The monoisotopic (exact) mass is 299 g/mol. The Bertz CT molecular complexity index is 810. The number of rotatable bonds is 3. The Labute approximate surface area is 125 Å². The fraction of sp³-hybridized carbons (Fsp3) is 0.0625. The Morgan fingerprint density at radius 1 is 1.19 bits per heavy atom. The smallest absolute Gasteiger partial charge is 0.274 e. The number of hydrogen-bond donors (Lipinski definition) is 2. The van der Waals surface area contributed by atoms with E-state index in [1.54, 1.807) is 36.1 Å². The number of amides is 1. The second-order valence-electron chi connectivity index (χ2n) is 4.54. The number of benzene rings is 2. The van der Waals surface area contributed by atoms with Gasteiger partial charge < -0.3 is 4.74 Å². The lowest BCUT2D eigenvalue weighted by molar-refractivity contribution is 0.0706. The molecule has 3 aromatic rings. The van der Waals surface area contributed by atoms with Crippen LogP contribution in [-0.4, -0.2) is 18.2 Å². The molecule has 3 rings (SSSR count). The number of thiophene rings is 1. The van der Waals surface area contributed by atoms with E-state index in [4.69, 9.17) is 9.94 Å². The van der Waals surface area contributed by atoms with E-state index in [0.717, 1.165) is 26.3 Å². The summed E-state index contributed by atoms with van der Waals surface area (Å²) >= 11 is 1.65. The summed E-state index contributed by atoms with van der Waals surface area (Å²) in [6.07, 6.45) is 0. The van der Waals surface area contributed by atoms with Crippen LogP contribution in [0.5, 0.6) is 5.75 Å². The van der Waals surface area contributed by atoms with Crippen LogP contribution in [0.1, 0.15) is 10.4 Å². The van der Waals surface area contributed by atoms with Crippen LogP contribution in [0.25, 0.3) is 20.5 Å². The van der Waals surface area contributed by atoms with E-state index >= 15 is 0 Å². The molecule has 4 nitrogen and oxygen atoms in total. The molecule has 1 amide bonds. The molecule has 0 aliphatic carbocycles. The van der Waals surface area contributed by atoms with Gasteiger partial charge in [-0.3, -0.25) is 10.0 Å². The highest BCUT2D eigenvalue weighted by Crippen LogP contribution is 2.35. The fourth-order valence-corrected chi connectivity index (χ4v) is 3.21. The molecule has 0 saturated heterocycles. The first kappa shape index (κ1) is 13.6. The maximum Gasteiger partial charge on any atom is 0.274 e. The zero-order valence-corrected chi connectivity index (χ0v) is 12.1. The molecule has 5 heteroatoms. The molecule has 0 aliphatic heterocycles. The molecule has 0 atom stereocenters. The van der Waals surface area contributed by atoms with Crippen LogP contribution in [0, 0.1) is 0 Å². The summed E-state index contributed by atoms with van der Waals surface area (Å²) in [5, 5.41) is 9.66. The van der Waals surface area contributed by atoms with Crippen LogP contribution in [-0.2, 0) is 0 Å². The minimum Gasteiger partial charge on any atom is -0.497 e. The molecule has 0 spiro atoms. The van der Waals surface area contributed by atoms with Gasteiger partial charge in [-0.1, -0.05) is 12.1 Å². The van der Waals surface area contributed by atoms with Gasteiger partial charge in [0.05, 0.1) is 7.11 Å². The molecule has 0 bridgehead atoms. The Balaban J connectivity index is 2.06. The van der Waals surface area contributed by atoms with E-state index in [1.807, 2.05) is 36.4 Å². The standard InChI is InChI=1S/C16H13NO3S/c1-20-13-4-2-3-10(8-13)15-9-12-7-11(16(18)17-19)5-6-14(12)21-15/h2-9,19H,1H3,(H,17,18). The van der Waals surface area contributed by atoms with Gasteiger partial charge >= 0.3 is 0 Å². The fourth-order valence-electron chi connectivity index (χ4n) is 2.17. The van der Waals surface area contributed by atoms with Crippen molar-refractivity contribution in [1.82, 2.24) is 5.48 Å². The van der Waals surface area contributed by atoms with Crippen LogP contribution < -0.4 is 10.2 Å². The van der Waals surface area contributed by atoms with Gasteiger partial charge in [-0.15, -0.1) is 11.3 Å². The van der Waals surface area contributed by atoms with E-state index in [9.17, 15) is 4.79 Å². The maximum atomic E-state index is 11.4. The van der Waals surface area contributed by atoms with Gasteiger partial charge in [-0.25, -0.2) is 5.48 Å². The number of fused-ring (bicyclic) bond motifs is 1. The number of nitrogens with one attached hydrogen (secondary N) is 1. The van der Waals surface area contributed by atoms with E-state index in [0.29, 0.717) is 5.56 Å². The molecule has 0 radical (unpaired) electrons. The molecule has 1 aromatic heterocycles. The molecular weight excluding hydrogens is 286 g/mol. The summed E-state index contributed by atoms with van der Waals surface area (Å²) in [4.78, 5) is 12.5. The molecule has 0 aliphatic rings. The first-order chi connectivity index (χ1) is 10.2. The summed E-state index contributed by atoms with van der Waals surface area (Å²) < 4.78 is 6.32. The number of ether oxygens (including phenoxy) is 1. The molecular formula is C16H13NO3S. The number of hydrogen-bond acceptors (Lipinski definition) is 4. The zero-order chi connectivity index (χ0) is 14.8. The summed E-state index contributed by atoms with van der Waals surface area (Å²) in [5.74, 6) is 0.302. The number of carbonyl (C=O) groups is 1. The molecule has 21 heavy (non-hydrogen) atoms. The van der Waals surface area contributed by atoms with Crippen molar-refractivity contribution in [1.29, 1.82) is 0 Å². The Morgan fingerprint density at radius 3 is 2.81 bits per heavy atom. The largest absolute Gasteiger partial charge is 0.497 e. The quantitative estimate of drug-likeness (QED) is 0.573. The predicted molar refractivity (Wildman–Crippen MR) is 83.1 cm³/mol. The summed E-state index contributed by atoms with van der Waals surface area (Å²) in [6, 6.07) is 15.2. The Morgan fingerprint density at radius 2 is 2.05 bits per heavy atom. The third kappa shape index (κ3) is 2.61. The molecule has 2 N–H and O–H groups in total. The predicted octanol–water partition coefficient (Wildman–Crippen LogP) is 3.70. The maximum absolute atomic E-state index is 11.4. The summed E-state index contributed by atoms with van der Waals surface area (Å²) in [6.45, 7) is 0. The highest BCUT2D eigenvalue weighted by molar-refractivity contribution is 7.22. The van der Waals surface area contributed by atoms with Crippen molar-refractivity contribution in [2.45, 2.75) is 0 Å². The Hall–Kier alpha value is -2.37. The van der Waals surface area contributed by atoms with Gasteiger partial charge in [0, 0.05) is 15.1 Å². The first-order valence-corrected chi connectivity index (χ1v) is 7.15. The van der Waals surface area contributed by atoms with Crippen LogP contribution in [0.2, 0.25) is 0 Å². The average molecular weight is 299 g/mol. The van der Waals surface area contributed by atoms with Crippen molar-refractivity contribution in [3.8, 4) is 16.2 Å². The van der Waals surface area contributed by atoms with Crippen LogP contribution in [0.4, 0.5) is 0 Å². The highest BCUT2D eigenvalue weighted by atomic mass is 32.1. The molecule has 0 unspecified atom stereocenters. The van der Waals surface area contributed by atoms with Gasteiger partial charge in [-0.2, -0.15) is 0 Å². The summed E-state index contributed by atoms with van der Waals surface area (Å²) in [5.41, 5.74) is 3.15. The van der Waals surface area contributed by atoms with Crippen molar-refractivity contribution >= 4 is 27.3 Å². The van der Waals surface area contributed by atoms with Crippen molar-refractivity contribution in [2.75, 3.05) is 7.11 Å². The number of hydroxylamine groups is 1. The second-order valence-corrected chi connectivity index (χ2v) is 5.62. The zero-order valence-electron chi connectivity index (χ0n) is 11.3. The number of methoxy groups -OCH3 is 1. The van der Waals surface area contributed by atoms with Crippen LogP contribution in [0.3, 0.4) is 0 Å². The third-order valence-corrected chi connectivity index (χ3v) is 4.40. The minimum atomic E-state index is -0.508. The molecule has 106 valence electrons. The van der Waals surface area contributed by atoms with Crippen molar-refractivity contribution in [3.05, 3.63) is 54.1 Å². The lowest BCUT2D eigenvalue weighted by atomic mass is 10.1. The van der Waals surface area contributed by atoms with E-state index in [1.165, 1.54) is 0 Å². The van der Waals surface area contributed by atoms with E-state index in [-0.39, 0.29) is 0 Å². The first-order valence-electron chi connectivity index (χ1n) is 6.34. The highest BCUT2D eigenvalue weighted by Gasteiger charge is 2.09. The SMILES string of the molecule is COc1cccc(-c2cc3cc(C(=O)NO)ccc3s2)c1. The molecule has 0 saturated carbocycles. The van der Waals surface area contributed by atoms with Crippen LogP contribution in [0.15, 0.2) is 48.5 Å². The van der Waals surface area contributed by atoms with E-state index in [2.05, 4.69) is 0 Å². The van der Waals surface area contributed by atoms with Crippen molar-refractivity contribution < 1.29 is 14.7 Å². The van der Waals surface area contributed by atoms with Gasteiger partial charge in [0.25, 0.3) is 5.91 Å². The molecule has 2 aromatic carbocycles. The lowest BCUT2D eigenvalue weighted by Crippen LogP contribution is -2.18. The molecule has 0 fully saturated rings.